The van der Waals surface area contributed by atoms with E-state index in [0.717, 1.165) is 11.4 Å². The molecule has 0 radical (unpaired) electrons. The zero-order valence-corrected chi connectivity index (χ0v) is 7.72. The molecule has 66 valence electrons. The average Bonchev–Trinajstić information content (AvgIpc) is 2.12. The van der Waals surface area contributed by atoms with Crippen molar-refractivity contribution in [3.8, 4) is 0 Å². The first-order chi connectivity index (χ1) is 5.79. The zero-order valence-electron chi connectivity index (χ0n) is 7.72. The first-order valence-electron chi connectivity index (χ1n) is 3.81. The Kier molecular flexibility index (Phi) is 5.53. The van der Waals surface area contributed by atoms with Gasteiger partial charge in [0.2, 0.25) is 0 Å². The Labute approximate surface area is 74.4 Å². The van der Waals surface area contributed by atoms with E-state index in [0.29, 0.717) is 0 Å². The molecule has 0 bridgehead atoms. The molecule has 0 rings (SSSR count). The summed E-state index contributed by atoms with van der Waals surface area (Å²) in [6.07, 6.45) is 7.29. The second-order valence-electron chi connectivity index (χ2n) is 2.13. The van der Waals surface area contributed by atoms with Crippen LogP contribution in [0, 0.1) is 0 Å². The predicted molar refractivity (Wildman–Crippen MR) is 54.7 cm³/mol. The van der Waals surface area contributed by atoms with Gasteiger partial charge in [-0.1, -0.05) is 25.3 Å². The highest BCUT2D eigenvalue weighted by Gasteiger charge is 1.93. The smallest absolute Gasteiger partial charge is 0.0573 e. The molecule has 0 amide bonds. The molecular weight excluding hydrogens is 148 g/mol. The molecule has 2 heteroatoms. The molecule has 0 aromatic rings. The highest BCUT2D eigenvalue weighted by Crippen LogP contribution is 1.99. The summed E-state index contributed by atoms with van der Waals surface area (Å²) >= 11 is 0. The lowest BCUT2D eigenvalue weighted by molar-refractivity contribution is 0.934. The SMILES string of the molecule is C=C/C=C\C(NC)=C(/C=C)NC. The van der Waals surface area contributed by atoms with Crippen LogP contribution >= 0.6 is 0 Å². The molecule has 0 aromatic heterocycles. The van der Waals surface area contributed by atoms with Gasteiger partial charge in [0.1, 0.15) is 0 Å². The van der Waals surface area contributed by atoms with Crippen LogP contribution in [0.3, 0.4) is 0 Å². The van der Waals surface area contributed by atoms with Crippen molar-refractivity contribution < 1.29 is 0 Å². The third-order valence-electron chi connectivity index (χ3n) is 1.43. The van der Waals surface area contributed by atoms with Gasteiger partial charge in [-0.3, -0.25) is 0 Å². The molecule has 0 aliphatic rings. The van der Waals surface area contributed by atoms with E-state index >= 15 is 0 Å². The zero-order chi connectivity index (χ0) is 9.40. The van der Waals surface area contributed by atoms with Crippen LogP contribution in [0.4, 0.5) is 0 Å². The van der Waals surface area contributed by atoms with Crippen molar-refractivity contribution in [2.24, 2.45) is 0 Å². The molecule has 0 aliphatic heterocycles. The fourth-order valence-electron chi connectivity index (χ4n) is 0.819. The van der Waals surface area contributed by atoms with E-state index in [-0.39, 0.29) is 0 Å². The molecule has 0 unspecified atom stereocenters. The van der Waals surface area contributed by atoms with Crippen molar-refractivity contribution in [1.82, 2.24) is 10.6 Å². The van der Waals surface area contributed by atoms with Gasteiger partial charge in [0, 0.05) is 14.1 Å². The molecule has 0 spiro atoms. The molecule has 12 heavy (non-hydrogen) atoms. The normalized spacial score (nSPS) is 12.2. The van der Waals surface area contributed by atoms with E-state index in [1.807, 2.05) is 26.2 Å². The molecule has 2 nitrogen and oxygen atoms in total. The van der Waals surface area contributed by atoms with E-state index in [4.69, 9.17) is 0 Å². The van der Waals surface area contributed by atoms with Gasteiger partial charge in [0.05, 0.1) is 11.4 Å². The van der Waals surface area contributed by atoms with Crippen LogP contribution in [-0.2, 0) is 0 Å². The van der Waals surface area contributed by atoms with Crippen LogP contribution in [0.1, 0.15) is 0 Å². The van der Waals surface area contributed by atoms with E-state index in [9.17, 15) is 0 Å². The van der Waals surface area contributed by atoms with E-state index in [2.05, 4.69) is 23.8 Å². The fraction of sp³-hybridized carbons (Fsp3) is 0.200. The van der Waals surface area contributed by atoms with Crippen LogP contribution in [0.25, 0.3) is 0 Å². The Morgan fingerprint density at radius 1 is 1.08 bits per heavy atom. The summed E-state index contributed by atoms with van der Waals surface area (Å²) < 4.78 is 0. The van der Waals surface area contributed by atoms with Gasteiger partial charge in [-0.15, -0.1) is 0 Å². The minimum Gasteiger partial charge on any atom is -0.386 e. The van der Waals surface area contributed by atoms with Crippen molar-refractivity contribution in [2.75, 3.05) is 14.1 Å². The van der Waals surface area contributed by atoms with Crippen LogP contribution in [0.5, 0.6) is 0 Å². The standard InChI is InChI=1S/C10H16N2/c1-5-7-8-10(12-4)9(6-2)11-3/h5-8,11-12H,1-2H2,3-4H3/b8-7-,10-9-. The van der Waals surface area contributed by atoms with Gasteiger partial charge in [-0.05, 0) is 12.2 Å². The lowest BCUT2D eigenvalue weighted by atomic mass is 10.3. The monoisotopic (exact) mass is 164 g/mol. The Balaban J connectivity index is 4.67. The number of likely N-dealkylation sites (N-methyl/N-ethyl adjacent to an activating group) is 2. The predicted octanol–water partition coefficient (Wildman–Crippen LogP) is 1.56. The van der Waals surface area contributed by atoms with Gasteiger partial charge in [0.15, 0.2) is 0 Å². The number of allylic oxidation sites excluding steroid dienone is 4. The number of hydrogen-bond donors (Lipinski definition) is 2. The number of nitrogens with one attached hydrogen (secondary N) is 2. The average molecular weight is 164 g/mol. The van der Waals surface area contributed by atoms with Crippen LogP contribution in [-0.4, -0.2) is 14.1 Å². The number of hydrogen-bond acceptors (Lipinski definition) is 2. The molecule has 2 N–H and O–H groups in total. The highest BCUT2D eigenvalue weighted by atomic mass is 14.9. The Morgan fingerprint density at radius 2 is 1.67 bits per heavy atom. The third-order valence-corrected chi connectivity index (χ3v) is 1.43. The maximum absolute atomic E-state index is 3.69. The first kappa shape index (κ1) is 10.6. The summed E-state index contributed by atoms with van der Waals surface area (Å²) in [6, 6.07) is 0. The lowest BCUT2D eigenvalue weighted by Crippen LogP contribution is -2.14. The summed E-state index contributed by atoms with van der Waals surface area (Å²) in [5, 5.41) is 6.08. The van der Waals surface area contributed by atoms with E-state index < -0.39 is 0 Å². The summed E-state index contributed by atoms with van der Waals surface area (Å²) in [7, 11) is 3.72. The molecule has 0 aromatic carbocycles. The quantitative estimate of drug-likeness (QED) is 0.603. The fourth-order valence-corrected chi connectivity index (χ4v) is 0.819. The highest BCUT2D eigenvalue weighted by molar-refractivity contribution is 5.30. The van der Waals surface area contributed by atoms with Gasteiger partial charge >= 0.3 is 0 Å². The minimum absolute atomic E-state index is 0.968. The Bertz CT molecular complexity index is 212. The topological polar surface area (TPSA) is 24.1 Å². The van der Waals surface area contributed by atoms with Crippen molar-refractivity contribution in [1.29, 1.82) is 0 Å². The number of rotatable bonds is 5. The van der Waals surface area contributed by atoms with Crippen molar-refractivity contribution in [3.05, 3.63) is 48.9 Å². The summed E-state index contributed by atoms with van der Waals surface area (Å²) in [5.74, 6) is 0. The van der Waals surface area contributed by atoms with Gasteiger partial charge in [-0.2, -0.15) is 0 Å². The summed E-state index contributed by atoms with van der Waals surface area (Å²) in [4.78, 5) is 0. The molecule has 0 atom stereocenters. The van der Waals surface area contributed by atoms with Crippen LogP contribution < -0.4 is 10.6 Å². The lowest BCUT2D eigenvalue weighted by Gasteiger charge is -2.07. The van der Waals surface area contributed by atoms with Crippen molar-refractivity contribution in [2.45, 2.75) is 0 Å². The Hall–Kier alpha value is -1.44. The summed E-state index contributed by atoms with van der Waals surface area (Å²) in [5.41, 5.74) is 1.96. The molecule has 0 fully saturated rings. The maximum atomic E-state index is 3.69. The minimum atomic E-state index is 0.968. The molecule has 0 heterocycles. The van der Waals surface area contributed by atoms with Gasteiger partial charge < -0.3 is 10.6 Å². The van der Waals surface area contributed by atoms with E-state index in [1.54, 1.807) is 12.2 Å². The van der Waals surface area contributed by atoms with Crippen LogP contribution in [0.2, 0.25) is 0 Å². The van der Waals surface area contributed by atoms with Crippen LogP contribution in [0.15, 0.2) is 48.9 Å². The van der Waals surface area contributed by atoms with Gasteiger partial charge in [-0.25, -0.2) is 0 Å². The van der Waals surface area contributed by atoms with Crippen molar-refractivity contribution in [3.63, 3.8) is 0 Å². The molecule has 0 saturated carbocycles. The second-order valence-corrected chi connectivity index (χ2v) is 2.13. The molecule has 0 aliphatic carbocycles. The second kappa shape index (κ2) is 6.28. The van der Waals surface area contributed by atoms with Gasteiger partial charge in [0.25, 0.3) is 0 Å². The first-order valence-corrected chi connectivity index (χ1v) is 3.81. The summed E-state index contributed by atoms with van der Waals surface area (Å²) in [6.45, 7) is 7.28. The maximum Gasteiger partial charge on any atom is 0.0573 e. The van der Waals surface area contributed by atoms with E-state index in [1.165, 1.54) is 0 Å². The third kappa shape index (κ3) is 3.10. The Morgan fingerprint density at radius 3 is 2.00 bits per heavy atom. The van der Waals surface area contributed by atoms with Crippen molar-refractivity contribution >= 4 is 0 Å². The largest absolute Gasteiger partial charge is 0.386 e. The molecule has 0 saturated heterocycles. The molecular formula is C10H16N2.